The summed E-state index contributed by atoms with van der Waals surface area (Å²) in [6.45, 7) is 4.65. The van der Waals surface area contributed by atoms with Gasteiger partial charge in [-0.05, 0) is 41.9 Å². The molecule has 3 nitrogen and oxygen atoms in total. The first-order valence-corrected chi connectivity index (χ1v) is 7.53. The molecule has 2 rings (SSSR count). The molecular formula is C15H16BrClN2O. The van der Waals surface area contributed by atoms with Gasteiger partial charge in [-0.1, -0.05) is 29.8 Å². The minimum atomic E-state index is 0.146. The van der Waals surface area contributed by atoms with Crippen LogP contribution in [0.3, 0.4) is 0 Å². The molecule has 106 valence electrons. The van der Waals surface area contributed by atoms with E-state index in [0.29, 0.717) is 11.7 Å². The Kier molecular flexibility index (Phi) is 5.26. The topological polar surface area (TPSA) is 34.1 Å². The second kappa shape index (κ2) is 6.95. The molecule has 0 saturated heterocycles. The highest BCUT2D eigenvalue weighted by Gasteiger charge is 2.07. The summed E-state index contributed by atoms with van der Waals surface area (Å²) in [5.41, 5.74) is 1.87. The fraction of sp³-hybridized carbons (Fsp3) is 0.267. The number of rotatable bonds is 5. The Labute approximate surface area is 132 Å². The molecule has 1 N–H and O–H groups in total. The lowest BCUT2D eigenvalue weighted by Crippen LogP contribution is -2.09. The number of nitrogens with zero attached hydrogens (tertiary/aromatic N) is 1. The largest absolute Gasteiger partial charge is 0.491 e. The molecule has 0 spiro atoms. The van der Waals surface area contributed by atoms with E-state index in [2.05, 4.69) is 26.2 Å². The van der Waals surface area contributed by atoms with Gasteiger partial charge in [0, 0.05) is 22.8 Å². The monoisotopic (exact) mass is 354 g/mol. The van der Waals surface area contributed by atoms with Crippen LogP contribution in [0, 0.1) is 0 Å². The molecular weight excluding hydrogens is 340 g/mol. The van der Waals surface area contributed by atoms with E-state index in [1.54, 1.807) is 6.20 Å². The van der Waals surface area contributed by atoms with Crippen molar-refractivity contribution in [3.05, 3.63) is 51.7 Å². The zero-order chi connectivity index (χ0) is 14.5. The Morgan fingerprint density at radius 1 is 1.35 bits per heavy atom. The summed E-state index contributed by atoms with van der Waals surface area (Å²) < 4.78 is 6.68. The number of aromatic nitrogens is 1. The minimum Gasteiger partial charge on any atom is -0.491 e. The van der Waals surface area contributed by atoms with E-state index in [4.69, 9.17) is 16.3 Å². The van der Waals surface area contributed by atoms with E-state index < -0.39 is 0 Å². The Morgan fingerprint density at radius 3 is 2.85 bits per heavy atom. The zero-order valence-electron chi connectivity index (χ0n) is 11.4. The molecule has 0 atom stereocenters. The number of para-hydroxylation sites is 1. The van der Waals surface area contributed by atoms with E-state index in [1.165, 1.54) is 0 Å². The van der Waals surface area contributed by atoms with Crippen molar-refractivity contribution in [1.82, 2.24) is 4.98 Å². The molecule has 0 aliphatic heterocycles. The van der Waals surface area contributed by atoms with E-state index in [1.807, 2.05) is 44.2 Å². The van der Waals surface area contributed by atoms with Crippen LogP contribution >= 0.6 is 27.5 Å². The van der Waals surface area contributed by atoms with Crippen LogP contribution in [0.25, 0.3) is 0 Å². The lowest BCUT2D eigenvalue weighted by atomic mass is 10.2. The maximum atomic E-state index is 6.06. The molecule has 2 aromatic rings. The van der Waals surface area contributed by atoms with Crippen LogP contribution in [-0.2, 0) is 6.54 Å². The summed E-state index contributed by atoms with van der Waals surface area (Å²) >= 11 is 9.44. The highest BCUT2D eigenvalue weighted by Crippen LogP contribution is 2.25. The summed E-state index contributed by atoms with van der Waals surface area (Å²) in [6.07, 6.45) is 1.82. The average Bonchev–Trinajstić information content (AvgIpc) is 2.41. The predicted octanol–water partition coefficient (Wildman–Crippen LogP) is 4.90. The fourth-order valence-electron chi connectivity index (χ4n) is 1.76. The van der Waals surface area contributed by atoms with Gasteiger partial charge in [-0.15, -0.1) is 0 Å². The number of hydrogen-bond donors (Lipinski definition) is 1. The van der Waals surface area contributed by atoms with Gasteiger partial charge in [0.15, 0.2) is 5.15 Å². The number of halogens is 2. The second-order valence-electron chi connectivity index (χ2n) is 4.62. The maximum Gasteiger partial charge on any atom is 0.152 e. The maximum absolute atomic E-state index is 6.06. The first-order valence-electron chi connectivity index (χ1n) is 6.35. The number of pyridine rings is 1. The summed E-state index contributed by atoms with van der Waals surface area (Å²) in [7, 11) is 0. The summed E-state index contributed by atoms with van der Waals surface area (Å²) in [5.74, 6) is 0.883. The van der Waals surface area contributed by atoms with Crippen LogP contribution < -0.4 is 10.1 Å². The Hall–Kier alpha value is -1.26. The lowest BCUT2D eigenvalue weighted by Gasteiger charge is -2.15. The van der Waals surface area contributed by atoms with Crippen molar-refractivity contribution >= 4 is 33.2 Å². The van der Waals surface area contributed by atoms with Crippen molar-refractivity contribution < 1.29 is 4.74 Å². The molecule has 1 aromatic heterocycles. The Balaban J connectivity index is 2.12. The Bertz CT molecular complexity index is 590. The van der Waals surface area contributed by atoms with Gasteiger partial charge in [0.25, 0.3) is 0 Å². The summed E-state index contributed by atoms with van der Waals surface area (Å²) in [6, 6.07) is 9.86. The molecule has 20 heavy (non-hydrogen) atoms. The third kappa shape index (κ3) is 4.12. The number of ether oxygens (including phenoxy) is 1. The van der Waals surface area contributed by atoms with Crippen LogP contribution in [0.15, 0.2) is 41.0 Å². The molecule has 5 heteroatoms. The molecule has 1 aromatic carbocycles. The van der Waals surface area contributed by atoms with Crippen LogP contribution in [0.2, 0.25) is 5.15 Å². The number of benzene rings is 1. The zero-order valence-corrected chi connectivity index (χ0v) is 13.7. The number of nitrogens with one attached hydrogen (secondary N) is 1. The van der Waals surface area contributed by atoms with Crippen LogP contribution in [0.1, 0.15) is 19.4 Å². The lowest BCUT2D eigenvalue weighted by molar-refractivity contribution is 0.240. The van der Waals surface area contributed by atoms with Crippen molar-refractivity contribution in [2.45, 2.75) is 26.5 Å². The summed E-state index contributed by atoms with van der Waals surface area (Å²) in [4.78, 5) is 4.09. The van der Waals surface area contributed by atoms with E-state index in [-0.39, 0.29) is 6.10 Å². The van der Waals surface area contributed by atoms with Gasteiger partial charge in [-0.3, -0.25) is 0 Å². The SMILES string of the molecule is CC(C)Oc1ccccc1CNc1cc(Br)cnc1Cl. The van der Waals surface area contributed by atoms with E-state index >= 15 is 0 Å². The van der Waals surface area contributed by atoms with E-state index in [9.17, 15) is 0 Å². The van der Waals surface area contributed by atoms with Crippen LogP contribution in [-0.4, -0.2) is 11.1 Å². The van der Waals surface area contributed by atoms with Gasteiger partial charge in [0.1, 0.15) is 5.75 Å². The molecule has 0 unspecified atom stereocenters. The van der Waals surface area contributed by atoms with Crippen molar-refractivity contribution in [3.8, 4) is 5.75 Å². The van der Waals surface area contributed by atoms with E-state index in [0.717, 1.165) is 21.5 Å². The van der Waals surface area contributed by atoms with Gasteiger partial charge in [-0.2, -0.15) is 0 Å². The predicted molar refractivity (Wildman–Crippen MR) is 86.5 cm³/mol. The number of hydrogen-bond acceptors (Lipinski definition) is 3. The fourth-order valence-corrected chi connectivity index (χ4v) is 2.26. The number of anilines is 1. The van der Waals surface area contributed by atoms with Gasteiger partial charge in [0.2, 0.25) is 0 Å². The standard InChI is InChI=1S/C15H16BrClN2O/c1-10(2)20-14-6-4-3-5-11(14)8-18-13-7-12(16)9-19-15(13)17/h3-7,9-10,18H,8H2,1-2H3. The van der Waals surface area contributed by atoms with Gasteiger partial charge < -0.3 is 10.1 Å². The molecule has 0 fully saturated rings. The molecule has 0 radical (unpaired) electrons. The van der Waals surface area contributed by atoms with Gasteiger partial charge in [0.05, 0.1) is 11.8 Å². The summed E-state index contributed by atoms with van der Waals surface area (Å²) in [5, 5.41) is 3.73. The third-order valence-electron chi connectivity index (χ3n) is 2.61. The molecule has 0 amide bonds. The molecule has 0 aliphatic carbocycles. The van der Waals surface area contributed by atoms with Crippen molar-refractivity contribution in [2.75, 3.05) is 5.32 Å². The van der Waals surface area contributed by atoms with Gasteiger partial charge >= 0.3 is 0 Å². The van der Waals surface area contributed by atoms with Crippen LogP contribution in [0.5, 0.6) is 5.75 Å². The third-order valence-corrected chi connectivity index (χ3v) is 3.35. The normalized spacial score (nSPS) is 10.7. The molecule has 0 aliphatic rings. The molecule has 1 heterocycles. The molecule has 0 bridgehead atoms. The second-order valence-corrected chi connectivity index (χ2v) is 5.89. The van der Waals surface area contributed by atoms with Crippen molar-refractivity contribution in [3.63, 3.8) is 0 Å². The van der Waals surface area contributed by atoms with Crippen molar-refractivity contribution in [1.29, 1.82) is 0 Å². The van der Waals surface area contributed by atoms with Crippen molar-refractivity contribution in [2.24, 2.45) is 0 Å². The highest BCUT2D eigenvalue weighted by atomic mass is 79.9. The van der Waals surface area contributed by atoms with Crippen LogP contribution in [0.4, 0.5) is 5.69 Å². The first-order chi connectivity index (χ1) is 9.56. The smallest absolute Gasteiger partial charge is 0.152 e. The average molecular weight is 356 g/mol. The minimum absolute atomic E-state index is 0.146. The first kappa shape index (κ1) is 15.1. The molecule has 0 saturated carbocycles. The Morgan fingerprint density at radius 2 is 2.10 bits per heavy atom. The van der Waals surface area contributed by atoms with Gasteiger partial charge in [-0.25, -0.2) is 4.98 Å². The highest BCUT2D eigenvalue weighted by molar-refractivity contribution is 9.10. The quantitative estimate of drug-likeness (QED) is 0.775.